The first-order valence-corrected chi connectivity index (χ1v) is 5.43. The van der Waals surface area contributed by atoms with Gasteiger partial charge in [-0.15, -0.1) is 11.8 Å². The van der Waals surface area contributed by atoms with Crippen molar-refractivity contribution in [3.05, 3.63) is 0 Å². The third-order valence-corrected chi connectivity index (χ3v) is 1.52. The summed E-state index contributed by atoms with van der Waals surface area (Å²) in [6, 6.07) is 0. The second-order valence-electron chi connectivity index (χ2n) is 0.952. The minimum absolute atomic E-state index is 0.166. The van der Waals surface area contributed by atoms with Crippen LogP contribution >= 0.6 is 11.8 Å². The summed E-state index contributed by atoms with van der Waals surface area (Å²) in [5.41, 5.74) is 0. The van der Waals surface area contributed by atoms with Crippen molar-refractivity contribution in [1.82, 2.24) is 0 Å². The van der Waals surface area contributed by atoms with E-state index in [0.717, 1.165) is 0 Å². The lowest BCUT2D eigenvalue weighted by Gasteiger charge is -1.95. The molecule has 0 amide bonds. The maximum absolute atomic E-state index is 10.1. The summed E-state index contributed by atoms with van der Waals surface area (Å²) in [6.07, 6.45) is 1.75. The zero-order chi connectivity index (χ0) is 6.62. The molecule has 0 fully saturated rings. The van der Waals surface area contributed by atoms with E-state index in [0.29, 0.717) is 0 Å². The van der Waals surface area contributed by atoms with Crippen LogP contribution < -0.4 is 0 Å². The molecule has 0 aromatic heterocycles. The molecule has 0 aromatic rings. The number of hydrogen-bond donors (Lipinski definition) is 1. The first-order chi connectivity index (χ1) is 3.56. The van der Waals surface area contributed by atoms with Gasteiger partial charge in [-0.05, 0) is 6.26 Å². The Bertz CT molecular complexity index is 137. The minimum Gasteiger partial charge on any atom is -0.285 e. The number of hydrogen-bond acceptors (Lipinski definition) is 4. The van der Waals surface area contributed by atoms with Gasteiger partial charge in [0.05, 0.1) is 0 Å². The normalized spacial score (nSPS) is 17.8. The Morgan fingerprint density at radius 1 is 2.00 bits per heavy atom. The van der Waals surface area contributed by atoms with Crippen LogP contribution in [-0.2, 0) is 24.4 Å². The number of rotatable bonds is 3. The zero-order valence-electron chi connectivity index (χ0n) is 4.20. The fourth-order valence-electron chi connectivity index (χ4n) is 0.109. The molecule has 1 unspecified atom stereocenters. The average Bonchev–Trinajstić information content (AvgIpc) is 1.59. The van der Waals surface area contributed by atoms with Gasteiger partial charge in [-0.2, -0.15) is 4.21 Å². The van der Waals surface area contributed by atoms with Gasteiger partial charge in [-0.25, -0.2) is 0 Å². The number of thioether (sulfide) groups is 1. The Morgan fingerprint density at radius 2 is 2.50 bits per heavy atom. The quantitative estimate of drug-likeness (QED) is 0.630. The molecule has 0 rings (SSSR count). The van der Waals surface area contributed by atoms with Crippen molar-refractivity contribution in [3.8, 4) is 0 Å². The molecule has 0 spiro atoms. The summed E-state index contributed by atoms with van der Waals surface area (Å²) in [5.74, 6) is 0.166. The van der Waals surface area contributed by atoms with Crippen LogP contribution in [0, 0.1) is 0 Å². The molecule has 0 saturated heterocycles. The molecule has 0 aliphatic heterocycles. The van der Waals surface area contributed by atoms with E-state index in [1.165, 1.54) is 11.8 Å². The predicted molar refractivity (Wildman–Crippen MR) is 37.6 cm³/mol. The highest BCUT2D eigenvalue weighted by Crippen LogP contribution is 1.95. The standard InChI is InChI=1S/C2H6O3S3/c1-7-2-5-8(3,4)6/h2H2,1H3,(H,3,4,6). The van der Waals surface area contributed by atoms with Crippen LogP contribution in [0.3, 0.4) is 0 Å². The largest absolute Gasteiger partial charge is 0.285 e. The van der Waals surface area contributed by atoms with Crippen LogP contribution in [0.15, 0.2) is 0 Å². The highest BCUT2D eigenvalue weighted by Gasteiger charge is 1.95. The molecule has 0 heterocycles. The van der Waals surface area contributed by atoms with Gasteiger partial charge in [0.1, 0.15) is 5.94 Å². The average molecular weight is 174 g/mol. The summed E-state index contributed by atoms with van der Waals surface area (Å²) in [7, 11) is -3.37. The highest BCUT2D eigenvalue weighted by molar-refractivity contribution is 8.27. The molecular formula is C2H6O3S3. The van der Waals surface area contributed by atoms with E-state index in [9.17, 15) is 4.21 Å². The van der Waals surface area contributed by atoms with Crippen LogP contribution in [0.4, 0.5) is 0 Å². The third-order valence-electron chi connectivity index (χ3n) is 0.315. The molecule has 1 N–H and O–H groups in total. The molecule has 0 bridgehead atoms. The van der Waals surface area contributed by atoms with Crippen LogP contribution in [0.25, 0.3) is 0 Å². The van der Waals surface area contributed by atoms with E-state index >= 15 is 0 Å². The van der Waals surface area contributed by atoms with E-state index < -0.39 is 9.05 Å². The fourth-order valence-corrected chi connectivity index (χ4v) is 1.33. The van der Waals surface area contributed by atoms with Gasteiger partial charge in [-0.1, -0.05) is 0 Å². The van der Waals surface area contributed by atoms with E-state index in [-0.39, 0.29) is 5.94 Å². The van der Waals surface area contributed by atoms with Crippen molar-refractivity contribution in [3.63, 3.8) is 0 Å². The topological polar surface area (TPSA) is 46.5 Å². The predicted octanol–water partition coefficient (Wildman–Crippen LogP) is 0.458. The minimum atomic E-state index is -3.37. The van der Waals surface area contributed by atoms with Crippen LogP contribution in [0.5, 0.6) is 0 Å². The molecule has 50 valence electrons. The van der Waals surface area contributed by atoms with Crippen LogP contribution in [0.1, 0.15) is 0 Å². The molecule has 0 saturated carbocycles. The first-order valence-electron chi connectivity index (χ1n) is 1.67. The Labute approximate surface area is 57.5 Å². The smallest absolute Gasteiger partial charge is 0.267 e. The first kappa shape index (κ1) is 8.64. The molecule has 0 radical (unpaired) electrons. The van der Waals surface area contributed by atoms with E-state index in [2.05, 4.69) is 15.4 Å². The summed E-state index contributed by atoms with van der Waals surface area (Å²) in [4.78, 5) is 0. The lowest BCUT2D eigenvalue weighted by molar-refractivity contribution is 0.361. The van der Waals surface area contributed by atoms with Crippen molar-refractivity contribution in [2.75, 3.05) is 12.2 Å². The Kier molecular flexibility index (Phi) is 3.91. The van der Waals surface area contributed by atoms with Gasteiger partial charge in [0.25, 0.3) is 9.05 Å². The van der Waals surface area contributed by atoms with Crippen LogP contribution in [-0.4, -0.2) is 21.0 Å². The monoisotopic (exact) mass is 174 g/mol. The molecule has 6 heteroatoms. The third kappa shape index (κ3) is 6.64. The van der Waals surface area contributed by atoms with Crippen molar-refractivity contribution in [1.29, 1.82) is 0 Å². The molecule has 8 heavy (non-hydrogen) atoms. The second-order valence-corrected chi connectivity index (χ2v) is 4.12. The van der Waals surface area contributed by atoms with Crippen LogP contribution in [0.2, 0.25) is 0 Å². The van der Waals surface area contributed by atoms with Gasteiger partial charge >= 0.3 is 0 Å². The van der Waals surface area contributed by atoms with Gasteiger partial charge in [0.2, 0.25) is 0 Å². The van der Waals surface area contributed by atoms with E-state index in [1.807, 2.05) is 0 Å². The molecular weight excluding hydrogens is 168 g/mol. The molecule has 1 atom stereocenters. The summed E-state index contributed by atoms with van der Waals surface area (Å²) in [6.45, 7) is 0. The fraction of sp³-hybridized carbons (Fsp3) is 1.00. The molecule has 0 aliphatic rings. The van der Waals surface area contributed by atoms with Crippen molar-refractivity contribution < 1.29 is 12.9 Å². The Balaban J connectivity index is 3.42. The SMILES string of the molecule is CSCOS(=O)(O)=S. The van der Waals surface area contributed by atoms with Gasteiger partial charge < -0.3 is 0 Å². The summed E-state index contributed by atoms with van der Waals surface area (Å²) >= 11 is 5.30. The molecule has 3 nitrogen and oxygen atoms in total. The van der Waals surface area contributed by atoms with Gasteiger partial charge in [-0.3, -0.25) is 8.74 Å². The molecule has 0 aromatic carbocycles. The summed E-state index contributed by atoms with van der Waals surface area (Å²) < 4.78 is 22.6. The van der Waals surface area contributed by atoms with Crippen molar-refractivity contribution >= 4 is 32.0 Å². The maximum Gasteiger partial charge on any atom is 0.267 e. The maximum atomic E-state index is 10.1. The Morgan fingerprint density at radius 3 is 2.62 bits per heavy atom. The zero-order valence-corrected chi connectivity index (χ0v) is 6.65. The van der Waals surface area contributed by atoms with E-state index in [4.69, 9.17) is 4.55 Å². The second kappa shape index (κ2) is 3.62. The van der Waals surface area contributed by atoms with Gasteiger partial charge in [0, 0.05) is 11.2 Å². The van der Waals surface area contributed by atoms with Crippen molar-refractivity contribution in [2.24, 2.45) is 0 Å². The Hall–Kier alpha value is 0.640. The highest BCUT2D eigenvalue weighted by atomic mass is 32.9. The summed E-state index contributed by atoms with van der Waals surface area (Å²) in [5, 5.41) is 0. The lowest BCUT2D eigenvalue weighted by atomic mass is 11.7. The van der Waals surface area contributed by atoms with E-state index in [1.54, 1.807) is 6.26 Å². The lowest BCUT2D eigenvalue weighted by Crippen LogP contribution is -2.00. The molecule has 0 aliphatic carbocycles. The van der Waals surface area contributed by atoms with Crippen molar-refractivity contribution in [2.45, 2.75) is 0 Å². The van der Waals surface area contributed by atoms with Gasteiger partial charge in [0.15, 0.2) is 0 Å².